The minimum absolute atomic E-state index is 0.241. The molecule has 7 heteroatoms. The zero-order chi connectivity index (χ0) is 18.6. The molecule has 0 atom stereocenters. The standard InChI is InChI=1S/C18H21N3O4/c1-11-15(24-4)8-12(9-16(11)25-5)17(22)20-13-6-7-19-14(10-13)18(23)21(2)3/h6-10H,1-5H3,(H,19,20,22). The van der Waals surface area contributed by atoms with Gasteiger partial charge in [-0.2, -0.15) is 0 Å². The highest BCUT2D eigenvalue weighted by molar-refractivity contribution is 6.05. The summed E-state index contributed by atoms with van der Waals surface area (Å²) in [6.45, 7) is 1.85. The van der Waals surface area contributed by atoms with Crippen molar-refractivity contribution < 1.29 is 19.1 Å². The first kappa shape index (κ1) is 18.3. The van der Waals surface area contributed by atoms with E-state index in [0.29, 0.717) is 22.7 Å². The topological polar surface area (TPSA) is 80.8 Å². The largest absolute Gasteiger partial charge is 0.496 e. The minimum Gasteiger partial charge on any atom is -0.496 e. The second-order valence-electron chi connectivity index (χ2n) is 5.59. The number of carbonyl (C=O) groups is 2. The number of aromatic nitrogens is 1. The summed E-state index contributed by atoms with van der Waals surface area (Å²) in [5.41, 5.74) is 1.92. The lowest BCUT2D eigenvalue weighted by molar-refractivity contribution is 0.0821. The molecular weight excluding hydrogens is 322 g/mol. The van der Waals surface area contributed by atoms with Crippen LogP contribution in [0.5, 0.6) is 11.5 Å². The SMILES string of the molecule is COc1cc(C(=O)Nc2ccnc(C(=O)N(C)C)c2)cc(OC)c1C. The molecule has 0 bridgehead atoms. The number of carbonyl (C=O) groups excluding carboxylic acids is 2. The molecule has 0 aliphatic heterocycles. The second kappa shape index (κ2) is 7.65. The third-order valence-electron chi connectivity index (χ3n) is 3.66. The maximum Gasteiger partial charge on any atom is 0.272 e. The lowest BCUT2D eigenvalue weighted by Crippen LogP contribution is -2.23. The molecule has 7 nitrogen and oxygen atoms in total. The van der Waals surface area contributed by atoms with Crippen molar-refractivity contribution in [3.05, 3.63) is 47.3 Å². The highest BCUT2D eigenvalue weighted by Gasteiger charge is 2.15. The van der Waals surface area contributed by atoms with Crippen molar-refractivity contribution in [1.82, 2.24) is 9.88 Å². The van der Waals surface area contributed by atoms with E-state index < -0.39 is 0 Å². The van der Waals surface area contributed by atoms with E-state index in [1.807, 2.05) is 6.92 Å². The van der Waals surface area contributed by atoms with Crippen LogP contribution in [0.4, 0.5) is 5.69 Å². The number of hydrogen-bond donors (Lipinski definition) is 1. The van der Waals surface area contributed by atoms with Crippen molar-refractivity contribution in [2.24, 2.45) is 0 Å². The van der Waals surface area contributed by atoms with Gasteiger partial charge in [-0.3, -0.25) is 14.6 Å². The van der Waals surface area contributed by atoms with Gasteiger partial charge in [0, 0.05) is 37.1 Å². The van der Waals surface area contributed by atoms with E-state index in [1.54, 1.807) is 32.3 Å². The first-order valence-electron chi connectivity index (χ1n) is 7.59. The highest BCUT2D eigenvalue weighted by Crippen LogP contribution is 2.29. The first-order valence-corrected chi connectivity index (χ1v) is 7.59. The number of benzene rings is 1. The third-order valence-corrected chi connectivity index (χ3v) is 3.66. The van der Waals surface area contributed by atoms with Crippen molar-refractivity contribution in [3.63, 3.8) is 0 Å². The highest BCUT2D eigenvalue weighted by atomic mass is 16.5. The Labute approximate surface area is 146 Å². The summed E-state index contributed by atoms with van der Waals surface area (Å²) < 4.78 is 10.6. The van der Waals surface area contributed by atoms with Gasteiger partial charge in [0.2, 0.25) is 0 Å². The van der Waals surface area contributed by atoms with Gasteiger partial charge in [-0.15, -0.1) is 0 Å². The van der Waals surface area contributed by atoms with E-state index in [2.05, 4.69) is 10.3 Å². The van der Waals surface area contributed by atoms with Crippen molar-refractivity contribution in [3.8, 4) is 11.5 Å². The Kier molecular flexibility index (Phi) is 5.59. The molecule has 1 heterocycles. The molecule has 1 N–H and O–H groups in total. The third kappa shape index (κ3) is 4.06. The molecule has 25 heavy (non-hydrogen) atoms. The number of amides is 2. The predicted molar refractivity (Wildman–Crippen MR) is 94.5 cm³/mol. The maximum atomic E-state index is 12.5. The molecule has 1 aromatic heterocycles. The van der Waals surface area contributed by atoms with Crippen LogP contribution in [-0.2, 0) is 0 Å². The molecule has 1 aromatic carbocycles. The number of anilines is 1. The number of nitrogens with one attached hydrogen (secondary N) is 1. The lowest BCUT2D eigenvalue weighted by Gasteiger charge is -2.13. The van der Waals surface area contributed by atoms with Crippen molar-refractivity contribution in [2.75, 3.05) is 33.6 Å². The smallest absolute Gasteiger partial charge is 0.272 e. The van der Waals surface area contributed by atoms with Crippen LogP contribution in [0.25, 0.3) is 0 Å². The van der Waals surface area contributed by atoms with Crippen LogP contribution in [0, 0.1) is 6.92 Å². The van der Waals surface area contributed by atoms with Gasteiger partial charge in [0.05, 0.1) is 14.2 Å². The molecule has 0 unspecified atom stereocenters. The molecule has 0 saturated carbocycles. The average molecular weight is 343 g/mol. The summed E-state index contributed by atoms with van der Waals surface area (Å²) in [6, 6.07) is 6.43. The Balaban J connectivity index is 2.28. The fraction of sp³-hybridized carbons (Fsp3) is 0.278. The van der Waals surface area contributed by atoms with Gasteiger partial charge in [0.25, 0.3) is 11.8 Å². The van der Waals surface area contributed by atoms with Gasteiger partial charge < -0.3 is 19.7 Å². The number of rotatable bonds is 5. The zero-order valence-corrected chi connectivity index (χ0v) is 14.9. The molecule has 0 aliphatic rings. The average Bonchev–Trinajstić information content (AvgIpc) is 2.61. The van der Waals surface area contributed by atoms with Crippen LogP contribution >= 0.6 is 0 Å². The molecule has 0 spiro atoms. The van der Waals surface area contributed by atoms with Gasteiger partial charge in [-0.05, 0) is 31.2 Å². The molecule has 0 saturated heterocycles. The van der Waals surface area contributed by atoms with Crippen molar-refractivity contribution in [2.45, 2.75) is 6.92 Å². The molecule has 0 aliphatic carbocycles. The predicted octanol–water partition coefficient (Wildman–Crippen LogP) is 2.36. The van der Waals surface area contributed by atoms with Gasteiger partial charge in [0.1, 0.15) is 17.2 Å². The normalized spacial score (nSPS) is 10.1. The summed E-state index contributed by atoms with van der Waals surface area (Å²) in [5, 5.41) is 2.75. The molecule has 0 fully saturated rings. The van der Waals surface area contributed by atoms with Gasteiger partial charge in [-0.1, -0.05) is 0 Å². The molecule has 2 amide bonds. The van der Waals surface area contributed by atoms with E-state index in [4.69, 9.17) is 9.47 Å². The van der Waals surface area contributed by atoms with Gasteiger partial charge in [-0.25, -0.2) is 0 Å². The van der Waals surface area contributed by atoms with E-state index in [9.17, 15) is 9.59 Å². The number of ether oxygens (including phenoxy) is 2. The minimum atomic E-state index is -0.342. The number of pyridine rings is 1. The monoisotopic (exact) mass is 343 g/mol. The van der Waals surface area contributed by atoms with Crippen LogP contribution in [0.1, 0.15) is 26.4 Å². The zero-order valence-electron chi connectivity index (χ0n) is 14.9. The Morgan fingerprint density at radius 3 is 2.20 bits per heavy atom. The Hall–Kier alpha value is -3.09. The van der Waals surface area contributed by atoms with Crippen LogP contribution in [0.15, 0.2) is 30.5 Å². The fourth-order valence-corrected chi connectivity index (χ4v) is 2.27. The summed E-state index contributed by atoms with van der Waals surface area (Å²) >= 11 is 0. The lowest BCUT2D eigenvalue weighted by atomic mass is 10.1. The van der Waals surface area contributed by atoms with Crippen LogP contribution in [-0.4, -0.2) is 50.0 Å². The van der Waals surface area contributed by atoms with Crippen LogP contribution in [0.2, 0.25) is 0 Å². The molecule has 2 aromatic rings. The van der Waals surface area contributed by atoms with Gasteiger partial charge >= 0.3 is 0 Å². The summed E-state index contributed by atoms with van der Waals surface area (Å²) in [7, 11) is 6.34. The number of hydrogen-bond acceptors (Lipinski definition) is 5. The second-order valence-corrected chi connectivity index (χ2v) is 5.59. The fourth-order valence-electron chi connectivity index (χ4n) is 2.27. The van der Waals surface area contributed by atoms with E-state index in [1.165, 1.54) is 31.4 Å². The Bertz CT molecular complexity index is 778. The first-order chi connectivity index (χ1) is 11.9. The molecule has 132 valence electrons. The summed E-state index contributed by atoms with van der Waals surface area (Å²) in [5.74, 6) is 0.534. The molecular formula is C18H21N3O4. The van der Waals surface area contributed by atoms with Crippen molar-refractivity contribution in [1.29, 1.82) is 0 Å². The molecule has 2 rings (SSSR count). The Morgan fingerprint density at radius 2 is 1.68 bits per heavy atom. The summed E-state index contributed by atoms with van der Waals surface area (Å²) in [6.07, 6.45) is 1.47. The van der Waals surface area contributed by atoms with Gasteiger partial charge in [0.15, 0.2) is 0 Å². The Morgan fingerprint density at radius 1 is 1.08 bits per heavy atom. The quantitative estimate of drug-likeness (QED) is 0.901. The van der Waals surface area contributed by atoms with E-state index >= 15 is 0 Å². The van der Waals surface area contributed by atoms with E-state index in [0.717, 1.165) is 5.56 Å². The van der Waals surface area contributed by atoms with E-state index in [-0.39, 0.29) is 17.5 Å². The maximum absolute atomic E-state index is 12.5. The number of methoxy groups -OCH3 is 2. The number of nitrogens with zero attached hydrogens (tertiary/aromatic N) is 2. The van der Waals surface area contributed by atoms with Crippen molar-refractivity contribution >= 4 is 17.5 Å². The van der Waals surface area contributed by atoms with Crippen LogP contribution < -0.4 is 14.8 Å². The van der Waals surface area contributed by atoms with Crippen LogP contribution in [0.3, 0.4) is 0 Å². The summed E-state index contributed by atoms with van der Waals surface area (Å²) in [4.78, 5) is 30.0. The molecule has 0 radical (unpaired) electrons.